The molecular weight excluding hydrogens is 396 g/mol. The minimum absolute atomic E-state index is 0.00431. The molecule has 0 radical (unpaired) electrons. The Bertz CT molecular complexity index is 928. The third kappa shape index (κ3) is 4.87. The van der Waals surface area contributed by atoms with E-state index >= 15 is 0 Å². The summed E-state index contributed by atoms with van der Waals surface area (Å²) in [4.78, 5) is 37.2. The van der Waals surface area contributed by atoms with Crippen LogP contribution in [-0.2, 0) is 14.3 Å². The van der Waals surface area contributed by atoms with Crippen molar-refractivity contribution in [3.05, 3.63) is 59.7 Å². The van der Waals surface area contributed by atoms with Crippen molar-refractivity contribution >= 4 is 18.0 Å². The molecule has 3 rings (SSSR count). The average Bonchev–Trinajstić information content (AvgIpc) is 3.06. The maximum atomic E-state index is 12.4. The zero-order chi connectivity index (χ0) is 22.5. The number of nitrogens with zero attached hydrogens (tertiary/aromatic N) is 1. The van der Waals surface area contributed by atoms with Gasteiger partial charge in [-0.25, -0.2) is 9.59 Å². The minimum atomic E-state index is -1.06. The number of carboxylic acids is 1. The highest BCUT2D eigenvalue weighted by Gasteiger charge is 2.29. The molecule has 0 saturated heterocycles. The van der Waals surface area contributed by atoms with Gasteiger partial charge < -0.3 is 20.1 Å². The molecule has 0 bridgehead atoms. The third-order valence-corrected chi connectivity index (χ3v) is 5.67. The van der Waals surface area contributed by atoms with Crippen molar-refractivity contribution in [2.45, 2.75) is 45.2 Å². The minimum Gasteiger partial charge on any atom is -0.480 e. The smallest absolute Gasteiger partial charge is 0.407 e. The van der Waals surface area contributed by atoms with E-state index in [-0.39, 0.29) is 31.4 Å². The number of aliphatic carboxylic acids is 1. The second-order valence-corrected chi connectivity index (χ2v) is 7.77. The first kappa shape index (κ1) is 22.3. The van der Waals surface area contributed by atoms with Crippen molar-refractivity contribution in [3.8, 4) is 11.1 Å². The Labute approximate surface area is 182 Å². The molecule has 0 heterocycles. The van der Waals surface area contributed by atoms with Gasteiger partial charge in [0.05, 0.1) is 0 Å². The van der Waals surface area contributed by atoms with E-state index in [1.54, 1.807) is 13.8 Å². The number of alkyl carbamates (subject to hydrolysis) is 1. The zero-order valence-electron chi connectivity index (χ0n) is 18.0. The van der Waals surface area contributed by atoms with Gasteiger partial charge in [-0.1, -0.05) is 48.5 Å². The fraction of sp³-hybridized carbons (Fsp3) is 0.375. The van der Waals surface area contributed by atoms with Crippen molar-refractivity contribution in [2.75, 3.05) is 13.2 Å². The highest BCUT2D eigenvalue weighted by atomic mass is 16.5. The molecule has 2 N–H and O–H groups in total. The van der Waals surface area contributed by atoms with Gasteiger partial charge >= 0.3 is 12.1 Å². The lowest BCUT2D eigenvalue weighted by Gasteiger charge is -2.26. The van der Waals surface area contributed by atoms with Crippen LogP contribution in [0.3, 0.4) is 0 Å². The highest BCUT2D eigenvalue weighted by Crippen LogP contribution is 2.44. The van der Waals surface area contributed by atoms with Gasteiger partial charge in [-0.3, -0.25) is 4.79 Å². The fourth-order valence-electron chi connectivity index (χ4n) is 4.07. The van der Waals surface area contributed by atoms with Crippen molar-refractivity contribution in [1.29, 1.82) is 0 Å². The van der Waals surface area contributed by atoms with Gasteiger partial charge in [0.2, 0.25) is 5.91 Å². The largest absolute Gasteiger partial charge is 0.480 e. The maximum Gasteiger partial charge on any atom is 0.407 e. The molecular formula is C24H28N2O5. The van der Waals surface area contributed by atoms with Gasteiger partial charge in [0.25, 0.3) is 0 Å². The molecule has 0 aromatic heterocycles. The second-order valence-electron chi connectivity index (χ2n) is 7.77. The highest BCUT2D eigenvalue weighted by molar-refractivity contribution is 5.84. The molecule has 0 aliphatic heterocycles. The number of hydrogen-bond acceptors (Lipinski definition) is 4. The lowest BCUT2D eigenvalue weighted by molar-refractivity contribution is -0.149. The van der Waals surface area contributed by atoms with Gasteiger partial charge in [0.15, 0.2) is 0 Å². The van der Waals surface area contributed by atoms with E-state index in [0.717, 1.165) is 22.3 Å². The standard InChI is InChI=1S/C24H28N2O5/c1-4-26(16(3)23(28)29)22(27)13-15(2)25-24(30)31-14-21-19-11-7-5-9-17(19)18-10-6-8-12-20(18)21/h5-12,15-16,21H,4,13-14H2,1-3H3,(H,25,30)(H,28,29). The van der Waals surface area contributed by atoms with E-state index in [1.807, 2.05) is 36.4 Å². The SMILES string of the molecule is CCN(C(=O)CC(C)NC(=O)OCC1c2ccccc2-c2ccccc21)C(C)C(=O)O. The summed E-state index contributed by atoms with van der Waals surface area (Å²) in [6.45, 7) is 5.36. The third-order valence-electron chi connectivity index (χ3n) is 5.67. The van der Waals surface area contributed by atoms with Crippen LogP contribution < -0.4 is 5.32 Å². The van der Waals surface area contributed by atoms with Gasteiger partial charge in [-0.05, 0) is 43.0 Å². The Morgan fingerprint density at radius 3 is 2.10 bits per heavy atom. The summed E-state index contributed by atoms with van der Waals surface area (Å²) in [6.07, 6.45) is -0.605. The second kappa shape index (κ2) is 9.64. The Kier molecular flexibility index (Phi) is 6.95. The van der Waals surface area contributed by atoms with Crippen LogP contribution >= 0.6 is 0 Å². The van der Waals surface area contributed by atoms with Crippen molar-refractivity contribution in [3.63, 3.8) is 0 Å². The quantitative estimate of drug-likeness (QED) is 0.675. The van der Waals surface area contributed by atoms with E-state index in [1.165, 1.54) is 11.8 Å². The molecule has 7 heteroatoms. The number of fused-ring (bicyclic) bond motifs is 3. The summed E-state index contributed by atoms with van der Waals surface area (Å²) in [5.41, 5.74) is 4.55. The van der Waals surface area contributed by atoms with Gasteiger partial charge in [0, 0.05) is 24.9 Å². The van der Waals surface area contributed by atoms with Crippen LogP contribution in [0.4, 0.5) is 4.79 Å². The van der Waals surface area contributed by atoms with Crippen LogP contribution in [0.2, 0.25) is 0 Å². The predicted molar refractivity (Wildman–Crippen MR) is 117 cm³/mol. The number of hydrogen-bond donors (Lipinski definition) is 2. The molecule has 2 aromatic carbocycles. The first-order valence-electron chi connectivity index (χ1n) is 10.5. The zero-order valence-corrected chi connectivity index (χ0v) is 18.0. The number of amides is 2. The number of carbonyl (C=O) groups excluding carboxylic acids is 2. The Morgan fingerprint density at radius 1 is 1.03 bits per heavy atom. The summed E-state index contributed by atoms with van der Waals surface area (Å²) in [5, 5.41) is 11.8. The summed E-state index contributed by atoms with van der Waals surface area (Å²) in [6, 6.07) is 14.8. The van der Waals surface area contributed by atoms with Crippen LogP contribution in [-0.4, -0.2) is 53.2 Å². The Hall–Kier alpha value is -3.35. The Balaban J connectivity index is 1.57. The lowest BCUT2D eigenvalue weighted by atomic mass is 9.98. The molecule has 0 spiro atoms. The van der Waals surface area contributed by atoms with E-state index in [2.05, 4.69) is 17.4 Å². The number of ether oxygens (including phenoxy) is 1. The first-order chi connectivity index (χ1) is 14.8. The number of nitrogens with one attached hydrogen (secondary N) is 1. The summed E-state index contributed by atoms with van der Waals surface area (Å²) < 4.78 is 5.50. The molecule has 2 atom stereocenters. The van der Waals surface area contributed by atoms with Crippen LogP contribution in [0, 0.1) is 0 Å². The molecule has 2 aromatic rings. The summed E-state index contributed by atoms with van der Waals surface area (Å²) in [7, 11) is 0. The van der Waals surface area contributed by atoms with E-state index < -0.39 is 24.1 Å². The fourth-order valence-corrected chi connectivity index (χ4v) is 4.07. The van der Waals surface area contributed by atoms with Crippen LogP contribution in [0.15, 0.2) is 48.5 Å². The summed E-state index contributed by atoms with van der Waals surface area (Å²) >= 11 is 0. The number of rotatable bonds is 8. The topological polar surface area (TPSA) is 95.9 Å². The molecule has 1 aliphatic rings. The van der Waals surface area contributed by atoms with Crippen molar-refractivity contribution in [1.82, 2.24) is 10.2 Å². The number of carbonyl (C=O) groups is 3. The molecule has 2 amide bonds. The van der Waals surface area contributed by atoms with Gasteiger partial charge in [-0.2, -0.15) is 0 Å². The number of carboxylic acid groups (broad SMARTS) is 1. The molecule has 164 valence electrons. The molecule has 0 fully saturated rings. The summed E-state index contributed by atoms with van der Waals surface area (Å²) in [5.74, 6) is -1.43. The molecule has 31 heavy (non-hydrogen) atoms. The lowest BCUT2D eigenvalue weighted by Crippen LogP contribution is -2.46. The van der Waals surface area contributed by atoms with E-state index in [4.69, 9.17) is 9.84 Å². The molecule has 2 unspecified atom stereocenters. The van der Waals surface area contributed by atoms with E-state index in [9.17, 15) is 14.4 Å². The van der Waals surface area contributed by atoms with Crippen LogP contribution in [0.25, 0.3) is 11.1 Å². The predicted octanol–water partition coefficient (Wildman–Crippen LogP) is 3.63. The van der Waals surface area contributed by atoms with Crippen LogP contribution in [0.1, 0.15) is 44.2 Å². The molecule has 1 aliphatic carbocycles. The van der Waals surface area contributed by atoms with Gasteiger partial charge in [-0.15, -0.1) is 0 Å². The van der Waals surface area contributed by atoms with Crippen molar-refractivity contribution in [2.24, 2.45) is 0 Å². The van der Waals surface area contributed by atoms with Gasteiger partial charge in [0.1, 0.15) is 12.6 Å². The van der Waals surface area contributed by atoms with E-state index in [0.29, 0.717) is 0 Å². The number of benzene rings is 2. The number of likely N-dealkylation sites (N-methyl/N-ethyl adjacent to an activating group) is 1. The van der Waals surface area contributed by atoms with Crippen molar-refractivity contribution < 1.29 is 24.2 Å². The monoisotopic (exact) mass is 424 g/mol. The molecule has 0 saturated carbocycles. The first-order valence-corrected chi connectivity index (χ1v) is 10.5. The average molecular weight is 424 g/mol. The normalized spacial score (nSPS) is 14.2. The molecule has 7 nitrogen and oxygen atoms in total. The van der Waals surface area contributed by atoms with Crippen LogP contribution in [0.5, 0.6) is 0 Å². The maximum absolute atomic E-state index is 12.4. The Morgan fingerprint density at radius 2 is 1.58 bits per heavy atom.